The number of carbonyl (C=O) groups is 2. The second-order valence-electron chi connectivity index (χ2n) is 9.84. The molecular weight excluding hydrogens is 422 g/mol. The molecule has 1 aromatic rings. The summed E-state index contributed by atoms with van der Waals surface area (Å²) in [7, 11) is 0. The molecule has 5 rings (SSSR count). The van der Waals surface area contributed by atoms with E-state index in [1.807, 2.05) is 35.2 Å². The van der Waals surface area contributed by atoms with E-state index in [2.05, 4.69) is 4.90 Å². The summed E-state index contributed by atoms with van der Waals surface area (Å²) in [5.41, 5.74) is 1.78. The highest BCUT2D eigenvalue weighted by Gasteiger charge is 2.51. The number of benzene rings is 1. The van der Waals surface area contributed by atoms with Gasteiger partial charge in [0.2, 0.25) is 5.91 Å². The molecule has 0 aromatic heterocycles. The molecule has 8 heteroatoms. The van der Waals surface area contributed by atoms with Gasteiger partial charge in [-0.05, 0) is 50.1 Å². The highest BCUT2D eigenvalue weighted by Crippen LogP contribution is 2.53. The van der Waals surface area contributed by atoms with Crippen LogP contribution in [0.1, 0.15) is 38.2 Å². The number of piperidine rings is 1. The maximum Gasteiger partial charge on any atom is 0.414 e. The normalized spacial score (nSPS) is 29.0. The van der Waals surface area contributed by atoms with Crippen molar-refractivity contribution in [3.8, 4) is 0 Å². The van der Waals surface area contributed by atoms with Crippen LogP contribution in [0.2, 0.25) is 0 Å². The number of amides is 2. The number of carbonyl (C=O) groups excluding carboxylic acids is 2. The molecule has 1 spiro atoms. The Balaban J connectivity index is 1.20. The van der Waals surface area contributed by atoms with Crippen molar-refractivity contribution in [2.45, 2.75) is 57.4 Å². The van der Waals surface area contributed by atoms with Gasteiger partial charge in [-0.1, -0.05) is 30.3 Å². The van der Waals surface area contributed by atoms with Gasteiger partial charge in [-0.15, -0.1) is 0 Å². The summed E-state index contributed by atoms with van der Waals surface area (Å²) in [6, 6.07) is 8.77. The van der Waals surface area contributed by atoms with Crippen molar-refractivity contribution in [1.82, 2.24) is 14.7 Å². The van der Waals surface area contributed by atoms with Gasteiger partial charge in [0.15, 0.2) is 0 Å². The number of nitrogens with zero attached hydrogens (tertiary/aromatic N) is 3. The lowest BCUT2D eigenvalue weighted by Crippen LogP contribution is -2.58. The summed E-state index contributed by atoms with van der Waals surface area (Å²) in [6.07, 6.45) is 5.05. The van der Waals surface area contributed by atoms with E-state index in [1.165, 1.54) is 4.90 Å². The molecule has 8 nitrogen and oxygen atoms in total. The van der Waals surface area contributed by atoms with E-state index in [1.54, 1.807) is 13.1 Å². The molecule has 1 aliphatic carbocycles. The topological polar surface area (TPSA) is 82.6 Å². The van der Waals surface area contributed by atoms with Crippen molar-refractivity contribution >= 4 is 12.0 Å². The number of aliphatic hydroxyl groups excluding tert-OH is 1. The molecule has 1 aromatic carbocycles. The highest BCUT2D eigenvalue weighted by atomic mass is 16.6. The first-order valence-corrected chi connectivity index (χ1v) is 12.0. The zero-order valence-corrected chi connectivity index (χ0v) is 19.2. The van der Waals surface area contributed by atoms with Crippen LogP contribution in [-0.2, 0) is 20.9 Å². The van der Waals surface area contributed by atoms with Crippen molar-refractivity contribution < 1.29 is 24.2 Å². The number of β-amino-alcohol motifs (C(OH)–C–C–N with tert-alkyl or cyclic N) is 1. The number of aliphatic hydroxyl groups is 1. The van der Waals surface area contributed by atoms with Crippen molar-refractivity contribution in [2.24, 2.45) is 5.41 Å². The monoisotopic (exact) mass is 455 g/mol. The van der Waals surface area contributed by atoms with Crippen LogP contribution in [-0.4, -0.2) is 82.8 Å². The minimum atomic E-state index is -0.635. The van der Waals surface area contributed by atoms with Crippen molar-refractivity contribution in [2.75, 3.05) is 32.8 Å². The van der Waals surface area contributed by atoms with Crippen LogP contribution >= 0.6 is 0 Å². The minimum Gasteiger partial charge on any atom is -0.444 e. The Morgan fingerprint density at radius 1 is 1.24 bits per heavy atom. The molecule has 33 heavy (non-hydrogen) atoms. The first-order valence-electron chi connectivity index (χ1n) is 12.0. The third-order valence-corrected chi connectivity index (χ3v) is 7.69. The van der Waals surface area contributed by atoms with E-state index in [0.717, 1.165) is 44.3 Å². The molecular formula is C25H33N3O5. The largest absolute Gasteiger partial charge is 0.444 e. The minimum absolute atomic E-state index is 0.0728. The summed E-state index contributed by atoms with van der Waals surface area (Å²) < 4.78 is 11.2. The fourth-order valence-corrected chi connectivity index (χ4v) is 5.26. The molecule has 4 aliphatic rings. The Kier molecular flexibility index (Phi) is 6.16. The molecule has 178 valence electrons. The van der Waals surface area contributed by atoms with E-state index >= 15 is 0 Å². The Morgan fingerprint density at radius 2 is 2.03 bits per heavy atom. The van der Waals surface area contributed by atoms with Crippen LogP contribution in [0.15, 0.2) is 42.2 Å². The lowest BCUT2D eigenvalue weighted by atomic mass is 9.90. The molecule has 3 fully saturated rings. The van der Waals surface area contributed by atoms with Crippen LogP contribution in [0.5, 0.6) is 0 Å². The molecule has 2 saturated heterocycles. The van der Waals surface area contributed by atoms with Crippen LogP contribution < -0.4 is 0 Å². The van der Waals surface area contributed by atoms with E-state index in [9.17, 15) is 14.7 Å². The summed E-state index contributed by atoms with van der Waals surface area (Å²) in [4.78, 5) is 31.5. The Morgan fingerprint density at radius 3 is 2.76 bits per heavy atom. The Hall–Kier alpha value is -2.42. The van der Waals surface area contributed by atoms with Gasteiger partial charge < -0.3 is 24.4 Å². The number of ether oxygens (including phenoxy) is 2. The second kappa shape index (κ2) is 9.08. The number of likely N-dealkylation sites (tertiary alicyclic amines) is 1. The number of hydrogen-bond acceptors (Lipinski definition) is 6. The van der Waals surface area contributed by atoms with Gasteiger partial charge in [0.05, 0.1) is 31.1 Å². The van der Waals surface area contributed by atoms with E-state index in [4.69, 9.17) is 9.47 Å². The maximum atomic E-state index is 13.3. The quantitative estimate of drug-likeness (QED) is 0.734. The van der Waals surface area contributed by atoms with Gasteiger partial charge in [-0.3, -0.25) is 9.69 Å². The standard InChI is InChI=1S/C25H33N3O5/c1-18-23(30)28-20(7-11-26-12-10-25(8-9-25)22(29)14-26)16-32-17-21(28)13-27(18)24(31)33-15-19-5-3-2-4-6-19/h2-6,13,18,20,22,29H,7-12,14-17H2,1H3/t18-,20-,22?/m0/s1. The van der Waals surface area contributed by atoms with E-state index in [0.29, 0.717) is 25.5 Å². The molecule has 0 radical (unpaired) electrons. The number of rotatable bonds is 5. The van der Waals surface area contributed by atoms with Gasteiger partial charge in [0.25, 0.3) is 0 Å². The average Bonchev–Trinajstić information content (AvgIpc) is 3.62. The Bertz CT molecular complexity index is 916. The average molecular weight is 456 g/mol. The molecule has 2 amide bonds. The SMILES string of the molecule is C[C@H]1C(=O)N2C(=CN1C(=O)OCc1ccccc1)COC[C@@H]2CCN1CCC2(CC2)C(O)C1. The van der Waals surface area contributed by atoms with E-state index < -0.39 is 12.1 Å². The fourth-order valence-electron chi connectivity index (χ4n) is 5.26. The van der Waals surface area contributed by atoms with Gasteiger partial charge in [-0.2, -0.15) is 0 Å². The predicted octanol–water partition coefficient (Wildman–Crippen LogP) is 2.33. The number of morpholine rings is 1. The summed E-state index contributed by atoms with van der Waals surface area (Å²) >= 11 is 0. The summed E-state index contributed by atoms with van der Waals surface area (Å²) in [6.45, 7) is 5.20. The smallest absolute Gasteiger partial charge is 0.414 e. The third kappa shape index (κ3) is 4.52. The van der Waals surface area contributed by atoms with Gasteiger partial charge in [-0.25, -0.2) is 4.79 Å². The third-order valence-electron chi connectivity index (χ3n) is 7.69. The van der Waals surface area contributed by atoms with Crippen LogP contribution in [0, 0.1) is 5.41 Å². The van der Waals surface area contributed by atoms with Crippen LogP contribution in [0.25, 0.3) is 0 Å². The molecule has 1 saturated carbocycles. The van der Waals surface area contributed by atoms with Crippen molar-refractivity contribution in [1.29, 1.82) is 0 Å². The number of hydrogen-bond donors (Lipinski definition) is 1. The molecule has 3 atom stereocenters. The van der Waals surface area contributed by atoms with Gasteiger partial charge in [0.1, 0.15) is 12.6 Å². The molecule has 1 N–H and O–H groups in total. The first kappa shape index (κ1) is 22.4. The molecule has 3 heterocycles. The molecule has 0 bridgehead atoms. The van der Waals surface area contributed by atoms with Gasteiger partial charge in [0, 0.05) is 19.3 Å². The lowest BCUT2D eigenvalue weighted by Gasteiger charge is -2.45. The van der Waals surface area contributed by atoms with Crippen molar-refractivity contribution in [3.63, 3.8) is 0 Å². The fraction of sp³-hybridized carbons (Fsp3) is 0.600. The zero-order valence-electron chi connectivity index (χ0n) is 19.2. The number of fused-ring (bicyclic) bond motifs is 1. The predicted molar refractivity (Wildman–Crippen MR) is 121 cm³/mol. The zero-order chi connectivity index (χ0) is 23.0. The highest BCUT2D eigenvalue weighted by molar-refractivity contribution is 5.89. The molecule has 3 aliphatic heterocycles. The van der Waals surface area contributed by atoms with Gasteiger partial charge >= 0.3 is 6.09 Å². The maximum absolute atomic E-state index is 13.3. The first-order chi connectivity index (χ1) is 16.0. The van der Waals surface area contributed by atoms with Crippen LogP contribution in [0.4, 0.5) is 4.79 Å². The summed E-state index contributed by atoms with van der Waals surface area (Å²) in [5, 5.41) is 10.5. The van der Waals surface area contributed by atoms with Crippen molar-refractivity contribution in [3.05, 3.63) is 47.8 Å². The lowest BCUT2D eigenvalue weighted by molar-refractivity contribution is -0.142. The van der Waals surface area contributed by atoms with Crippen LogP contribution in [0.3, 0.4) is 0 Å². The second-order valence-corrected chi connectivity index (χ2v) is 9.84. The summed E-state index contributed by atoms with van der Waals surface area (Å²) in [5.74, 6) is -0.104. The Labute approximate surface area is 194 Å². The molecule has 1 unspecified atom stereocenters. The van der Waals surface area contributed by atoms with E-state index in [-0.39, 0.29) is 30.1 Å².